The zero-order chi connectivity index (χ0) is 16.8. The molecule has 0 atom stereocenters. The summed E-state index contributed by atoms with van der Waals surface area (Å²) in [5.74, 6) is -0.179. The van der Waals surface area contributed by atoms with Crippen LogP contribution in [-0.2, 0) is 13.1 Å². The maximum Gasteiger partial charge on any atom is 0.123 e. The normalized spacial score (nSPS) is 16.0. The second-order valence-electron chi connectivity index (χ2n) is 6.37. The molecule has 2 aromatic rings. The highest BCUT2D eigenvalue weighted by Crippen LogP contribution is 2.15. The van der Waals surface area contributed by atoms with Crippen LogP contribution in [0.25, 0.3) is 0 Å². The summed E-state index contributed by atoms with van der Waals surface area (Å²) in [6, 6.07) is 17.2. The number of rotatable bonds is 5. The van der Waals surface area contributed by atoms with Crippen LogP contribution in [0.4, 0.5) is 4.39 Å². The molecule has 0 spiro atoms. The number of benzene rings is 2. The van der Waals surface area contributed by atoms with Crippen molar-refractivity contribution in [2.45, 2.75) is 32.0 Å². The Kier molecular flexibility index (Phi) is 5.58. The van der Waals surface area contributed by atoms with E-state index in [0.717, 1.165) is 50.1 Å². The first kappa shape index (κ1) is 16.6. The van der Waals surface area contributed by atoms with E-state index in [1.807, 2.05) is 30.3 Å². The third kappa shape index (κ3) is 4.64. The van der Waals surface area contributed by atoms with Crippen molar-refractivity contribution in [3.8, 4) is 6.07 Å². The lowest BCUT2D eigenvalue weighted by atomic mass is 10.0. The van der Waals surface area contributed by atoms with Crippen molar-refractivity contribution < 1.29 is 4.39 Å². The quantitative estimate of drug-likeness (QED) is 0.916. The molecule has 24 heavy (non-hydrogen) atoms. The Hall–Kier alpha value is -2.22. The highest BCUT2D eigenvalue weighted by molar-refractivity contribution is 5.32. The fourth-order valence-corrected chi connectivity index (χ4v) is 3.16. The number of nitrogens with one attached hydrogen (secondary N) is 1. The molecule has 1 heterocycles. The van der Waals surface area contributed by atoms with E-state index < -0.39 is 0 Å². The maximum atomic E-state index is 12.9. The lowest BCUT2D eigenvalue weighted by Gasteiger charge is -2.32. The van der Waals surface area contributed by atoms with Crippen molar-refractivity contribution in [1.29, 1.82) is 5.26 Å². The van der Waals surface area contributed by atoms with Crippen LogP contribution >= 0.6 is 0 Å². The predicted octanol–water partition coefficient (Wildman–Crippen LogP) is 3.45. The largest absolute Gasteiger partial charge is 0.310 e. The number of nitriles is 1. The predicted molar refractivity (Wildman–Crippen MR) is 92.7 cm³/mol. The molecule has 1 fully saturated rings. The molecule has 0 bridgehead atoms. The fraction of sp³-hybridized carbons (Fsp3) is 0.350. The van der Waals surface area contributed by atoms with Crippen molar-refractivity contribution in [2.75, 3.05) is 13.1 Å². The van der Waals surface area contributed by atoms with Crippen LogP contribution < -0.4 is 5.32 Å². The first-order chi connectivity index (χ1) is 11.7. The van der Waals surface area contributed by atoms with Crippen LogP contribution in [0.3, 0.4) is 0 Å². The lowest BCUT2D eigenvalue weighted by Crippen LogP contribution is -2.41. The molecular weight excluding hydrogens is 301 g/mol. The summed E-state index contributed by atoms with van der Waals surface area (Å²) in [7, 11) is 0. The van der Waals surface area contributed by atoms with Gasteiger partial charge in [0.05, 0.1) is 11.6 Å². The number of piperidine rings is 1. The zero-order valence-electron chi connectivity index (χ0n) is 13.7. The van der Waals surface area contributed by atoms with Gasteiger partial charge in [-0.05, 0) is 61.3 Å². The molecule has 4 heteroatoms. The fourth-order valence-electron chi connectivity index (χ4n) is 3.16. The van der Waals surface area contributed by atoms with E-state index in [0.29, 0.717) is 11.6 Å². The monoisotopic (exact) mass is 323 g/mol. The average Bonchev–Trinajstić information content (AvgIpc) is 2.63. The zero-order valence-corrected chi connectivity index (χ0v) is 13.7. The molecule has 1 aliphatic heterocycles. The molecule has 124 valence electrons. The smallest absolute Gasteiger partial charge is 0.123 e. The number of hydrogen-bond donors (Lipinski definition) is 1. The molecule has 1 N–H and O–H groups in total. The van der Waals surface area contributed by atoms with Gasteiger partial charge in [0.25, 0.3) is 0 Å². The van der Waals surface area contributed by atoms with Gasteiger partial charge in [0, 0.05) is 19.1 Å². The second-order valence-corrected chi connectivity index (χ2v) is 6.37. The first-order valence-corrected chi connectivity index (χ1v) is 8.42. The summed E-state index contributed by atoms with van der Waals surface area (Å²) >= 11 is 0. The van der Waals surface area contributed by atoms with Gasteiger partial charge >= 0.3 is 0 Å². The Morgan fingerprint density at radius 2 is 1.83 bits per heavy atom. The molecule has 1 saturated heterocycles. The summed E-state index contributed by atoms with van der Waals surface area (Å²) in [6.45, 7) is 3.79. The highest BCUT2D eigenvalue weighted by atomic mass is 19.1. The van der Waals surface area contributed by atoms with Crippen molar-refractivity contribution in [3.05, 3.63) is 71.0 Å². The van der Waals surface area contributed by atoms with E-state index >= 15 is 0 Å². The van der Waals surface area contributed by atoms with Crippen LogP contribution in [-0.4, -0.2) is 24.0 Å². The Balaban J connectivity index is 1.43. The Morgan fingerprint density at radius 1 is 1.08 bits per heavy atom. The van der Waals surface area contributed by atoms with Crippen molar-refractivity contribution >= 4 is 0 Å². The molecule has 1 aliphatic rings. The summed E-state index contributed by atoms with van der Waals surface area (Å²) in [5, 5.41) is 12.5. The molecule has 0 amide bonds. The molecule has 0 unspecified atom stereocenters. The van der Waals surface area contributed by atoms with E-state index in [1.54, 1.807) is 0 Å². The van der Waals surface area contributed by atoms with E-state index in [2.05, 4.69) is 22.4 Å². The maximum absolute atomic E-state index is 12.9. The van der Waals surface area contributed by atoms with Gasteiger partial charge in [-0.15, -0.1) is 0 Å². The van der Waals surface area contributed by atoms with Crippen LogP contribution in [0.5, 0.6) is 0 Å². The van der Waals surface area contributed by atoms with Crippen LogP contribution in [0.15, 0.2) is 48.5 Å². The van der Waals surface area contributed by atoms with E-state index in [1.165, 1.54) is 12.1 Å². The Morgan fingerprint density at radius 3 is 2.54 bits per heavy atom. The van der Waals surface area contributed by atoms with E-state index in [-0.39, 0.29) is 5.82 Å². The summed E-state index contributed by atoms with van der Waals surface area (Å²) in [6.07, 6.45) is 2.22. The topological polar surface area (TPSA) is 39.1 Å². The average molecular weight is 323 g/mol. The molecule has 0 aromatic heterocycles. The summed E-state index contributed by atoms with van der Waals surface area (Å²) in [4.78, 5) is 2.42. The van der Waals surface area contributed by atoms with E-state index in [4.69, 9.17) is 5.26 Å². The Bertz CT molecular complexity index is 698. The number of likely N-dealkylation sites (tertiary alicyclic amines) is 1. The second kappa shape index (κ2) is 8.05. The van der Waals surface area contributed by atoms with Gasteiger partial charge in [0.2, 0.25) is 0 Å². The molecule has 3 nitrogen and oxygen atoms in total. The first-order valence-electron chi connectivity index (χ1n) is 8.42. The van der Waals surface area contributed by atoms with Crippen molar-refractivity contribution in [2.24, 2.45) is 0 Å². The molecule has 2 aromatic carbocycles. The van der Waals surface area contributed by atoms with Gasteiger partial charge in [-0.3, -0.25) is 4.90 Å². The van der Waals surface area contributed by atoms with Crippen molar-refractivity contribution in [3.63, 3.8) is 0 Å². The number of halogens is 1. The minimum absolute atomic E-state index is 0.179. The molecular formula is C20H22FN3. The standard InChI is InChI=1S/C20H22FN3/c21-19-6-4-16(5-7-19)15-24-10-8-20(9-11-24)23-14-18-3-1-2-17(12-18)13-22/h1-7,12,20,23H,8-11,14-15H2. The van der Waals surface area contributed by atoms with Crippen LogP contribution in [0.1, 0.15) is 29.5 Å². The van der Waals surface area contributed by atoms with Crippen molar-refractivity contribution in [1.82, 2.24) is 10.2 Å². The minimum Gasteiger partial charge on any atom is -0.310 e. The third-order valence-corrected chi connectivity index (χ3v) is 4.56. The van der Waals surface area contributed by atoms with Gasteiger partial charge in [-0.25, -0.2) is 4.39 Å². The minimum atomic E-state index is -0.179. The summed E-state index contributed by atoms with van der Waals surface area (Å²) in [5.41, 5.74) is 3.03. The lowest BCUT2D eigenvalue weighted by molar-refractivity contribution is 0.190. The molecule has 0 aliphatic carbocycles. The van der Waals surface area contributed by atoms with Gasteiger partial charge in [-0.2, -0.15) is 5.26 Å². The number of hydrogen-bond acceptors (Lipinski definition) is 3. The van der Waals surface area contributed by atoms with Gasteiger partial charge < -0.3 is 5.32 Å². The summed E-state index contributed by atoms with van der Waals surface area (Å²) < 4.78 is 12.9. The van der Waals surface area contributed by atoms with Gasteiger partial charge in [0.15, 0.2) is 0 Å². The van der Waals surface area contributed by atoms with E-state index in [9.17, 15) is 4.39 Å². The van der Waals surface area contributed by atoms with Crippen LogP contribution in [0.2, 0.25) is 0 Å². The molecule has 0 saturated carbocycles. The molecule has 0 radical (unpaired) electrons. The third-order valence-electron chi connectivity index (χ3n) is 4.56. The SMILES string of the molecule is N#Cc1cccc(CNC2CCN(Cc3ccc(F)cc3)CC2)c1. The van der Waals surface area contributed by atoms with Gasteiger partial charge in [0.1, 0.15) is 5.82 Å². The van der Waals surface area contributed by atoms with Gasteiger partial charge in [-0.1, -0.05) is 24.3 Å². The number of nitrogens with zero attached hydrogens (tertiary/aromatic N) is 2. The highest BCUT2D eigenvalue weighted by Gasteiger charge is 2.18. The Labute approximate surface area is 142 Å². The molecule has 3 rings (SSSR count). The van der Waals surface area contributed by atoms with Crippen LogP contribution in [0, 0.1) is 17.1 Å².